The molecular formula is C11H10BrN3O. The third-order valence-electron chi connectivity index (χ3n) is 2.60. The number of nitriles is 1. The highest BCUT2D eigenvalue weighted by atomic mass is 79.9. The molecule has 16 heavy (non-hydrogen) atoms. The van der Waals surface area contributed by atoms with Crippen molar-refractivity contribution in [2.45, 2.75) is 0 Å². The SMILES string of the molecule is CN1C(=O)CN(CC#N)c2ccc(Br)cc21. The zero-order chi connectivity index (χ0) is 11.7. The van der Waals surface area contributed by atoms with E-state index in [-0.39, 0.29) is 19.0 Å². The van der Waals surface area contributed by atoms with Crippen LogP contribution in [0.15, 0.2) is 22.7 Å². The fourth-order valence-corrected chi connectivity index (χ4v) is 2.10. The number of hydrogen-bond acceptors (Lipinski definition) is 3. The Balaban J connectivity index is 2.50. The highest BCUT2D eigenvalue weighted by Gasteiger charge is 2.26. The summed E-state index contributed by atoms with van der Waals surface area (Å²) in [5.41, 5.74) is 1.76. The topological polar surface area (TPSA) is 47.3 Å². The van der Waals surface area contributed by atoms with Gasteiger partial charge in [0.05, 0.1) is 24.0 Å². The molecule has 0 radical (unpaired) electrons. The molecule has 0 saturated heterocycles. The number of nitrogens with zero attached hydrogens (tertiary/aromatic N) is 3. The van der Waals surface area contributed by atoms with Crippen LogP contribution in [0.3, 0.4) is 0 Å². The Morgan fingerprint density at radius 1 is 1.50 bits per heavy atom. The number of halogens is 1. The first-order valence-corrected chi connectivity index (χ1v) is 5.61. The molecule has 5 heteroatoms. The summed E-state index contributed by atoms with van der Waals surface area (Å²) >= 11 is 3.38. The van der Waals surface area contributed by atoms with Gasteiger partial charge >= 0.3 is 0 Å². The summed E-state index contributed by atoms with van der Waals surface area (Å²) in [5, 5.41) is 8.73. The minimum absolute atomic E-state index is 0.000787. The van der Waals surface area contributed by atoms with Crippen LogP contribution in [0.5, 0.6) is 0 Å². The van der Waals surface area contributed by atoms with Crippen LogP contribution in [0, 0.1) is 11.3 Å². The molecule has 0 fully saturated rings. The van der Waals surface area contributed by atoms with Crippen LogP contribution >= 0.6 is 15.9 Å². The molecule has 1 heterocycles. The predicted octanol–water partition coefficient (Wildman–Crippen LogP) is 1.76. The largest absolute Gasteiger partial charge is 0.347 e. The molecule has 0 unspecified atom stereocenters. The Bertz CT molecular complexity index is 481. The molecule has 0 saturated carbocycles. The van der Waals surface area contributed by atoms with E-state index >= 15 is 0 Å². The molecule has 0 spiro atoms. The second kappa shape index (κ2) is 4.14. The number of hydrogen-bond donors (Lipinski definition) is 0. The molecule has 1 aliphatic heterocycles. The lowest BCUT2D eigenvalue weighted by atomic mass is 10.1. The van der Waals surface area contributed by atoms with Gasteiger partial charge in [-0.3, -0.25) is 4.79 Å². The summed E-state index contributed by atoms with van der Waals surface area (Å²) in [5.74, 6) is 0.000787. The number of fused-ring (bicyclic) bond motifs is 1. The van der Waals surface area contributed by atoms with E-state index in [0.717, 1.165) is 15.8 Å². The molecule has 82 valence electrons. The first-order valence-electron chi connectivity index (χ1n) is 4.81. The lowest BCUT2D eigenvalue weighted by Crippen LogP contribution is -2.44. The molecule has 1 aromatic rings. The van der Waals surface area contributed by atoms with Crippen LogP contribution in [0.2, 0.25) is 0 Å². The van der Waals surface area contributed by atoms with E-state index in [9.17, 15) is 4.79 Å². The predicted molar refractivity (Wildman–Crippen MR) is 65.4 cm³/mol. The van der Waals surface area contributed by atoms with Crippen molar-refractivity contribution in [1.82, 2.24) is 0 Å². The zero-order valence-electron chi connectivity index (χ0n) is 8.77. The van der Waals surface area contributed by atoms with Crippen molar-refractivity contribution in [1.29, 1.82) is 5.26 Å². The van der Waals surface area contributed by atoms with E-state index in [4.69, 9.17) is 5.26 Å². The van der Waals surface area contributed by atoms with Gasteiger partial charge in [-0.05, 0) is 18.2 Å². The summed E-state index contributed by atoms with van der Waals surface area (Å²) in [6, 6.07) is 7.78. The number of likely N-dealkylation sites (N-methyl/N-ethyl adjacent to an activating group) is 1. The Hall–Kier alpha value is -1.54. The van der Waals surface area contributed by atoms with Gasteiger partial charge in [0.2, 0.25) is 5.91 Å². The van der Waals surface area contributed by atoms with Crippen LogP contribution in [0.25, 0.3) is 0 Å². The number of anilines is 2. The summed E-state index contributed by atoms with van der Waals surface area (Å²) in [4.78, 5) is 15.1. The number of benzene rings is 1. The van der Waals surface area contributed by atoms with Gasteiger partial charge in [-0.1, -0.05) is 15.9 Å². The standard InChI is InChI=1S/C11H10BrN3O/c1-14-10-6-8(12)2-3-9(10)15(5-4-13)7-11(14)16/h2-3,6H,5,7H2,1H3. The molecule has 0 aliphatic carbocycles. The average molecular weight is 280 g/mol. The summed E-state index contributed by atoms with van der Waals surface area (Å²) in [6.07, 6.45) is 0. The Morgan fingerprint density at radius 3 is 2.94 bits per heavy atom. The molecule has 0 N–H and O–H groups in total. The second-order valence-corrected chi connectivity index (χ2v) is 4.52. The fourth-order valence-electron chi connectivity index (χ4n) is 1.75. The fraction of sp³-hybridized carbons (Fsp3) is 0.273. The van der Waals surface area contributed by atoms with E-state index in [1.807, 2.05) is 18.2 Å². The Kier molecular flexibility index (Phi) is 2.84. The molecule has 0 atom stereocenters. The van der Waals surface area contributed by atoms with Crippen LogP contribution in [0.1, 0.15) is 0 Å². The van der Waals surface area contributed by atoms with Crippen molar-refractivity contribution in [3.8, 4) is 6.07 Å². The number of carbonyl (C=O) groups is 1. The third-order valence-corrected chi connectivity index (χ3v) is 3.09. The van der Waals surface area contributed by atoms with Gasteiger partial charge in [0.1, 0.15) is 6.54 Å². The average Bonchev–Trinajstić information content (AvgIpc) is 2.26. The molecule has 4 nitrogen and oxygen atoms in total. The van der Waals surface area contributed by atoms with Gasteiger partial charge in [-0.2, -0.15) is 5.26 Å². The van der Waals surface area contributed by atoms with E-state index < -0.39 is 0 Å². The minimum atomic E-state index is 0.000787. The molecule has 1 aromatic carbocycles. The summed E-state index contributed by atoms with van der Waals surface area (Å²) < 4.78 is 0.921. The molecule has 1 aliphatic rings. The van der Waals surface area contributed by atoms with Crippen LogP contribution in [0.4, 0.5) is 11.4 Å². The molecule has 2 rings (SSSR count). The van der Waals surface area contributed by atoms with Crippen LogP contribution in [-0.2, 0) is 4.79 Å². The second-order valence-electron chi connectivity index (χ2n) is 3.60. The van der Waals surface area contributed by atoms with E-state index in [1.54, 1.807) is 16.8 Å². The zero-order valence-corrected chi connectivity index (χ0v) is 10.4. The van der Waals surface area contributed by atoms with Crippen molar-refractivity contribution in [2.75, 3.05) is 29.9 Å². The van der Waals surface area contributed by atoms with Crippen LogP contribution in [-0.4, -0.2) is 26.0 Å². The highest BCUT2D eigenvalue weighted by Crippen LogP contribution is 2.34. The lowest BCUT2D eigenvalue weighted by molar-refractivity contribution is -0.117. The smallest absolute Gasteiger partial charge is 0.246 e. The summed E-state index contributed by atoms with van der Waals surface area (Å²) in [6.45, 7) is 0.493. The van der Waals surface area contributed by atoms with E-state index in [1.165, 1.54) is 0 Å². The van der Waals surface area contributed by atoms with Crippen LogP contribution < -0.4 is 9.80 Å². The van der Waals surface area contributed by atoms with Gasteiger partial charge < -0.3 is 9.80 Å². The normalized spacial score (nSPS) is 14.7. The van der Waals surface area contributed by atoms with E-state index in [2.05, 4.69) is 22.0 Å². The van der Waals surface area contributed by atoms with Gasteiger partial charge in [-0.15, -0.1) is 0 Å². The molecule has 0 aromatic heterocycles. The lowest BCUT2D eigenvalue weighted by Gasteiger charge is -2.34. The van der Waals surface area contributed by atoms with Crippen molar-refractivity contribution in [3.05, 3.63) is 22.7 Å². The quantitative estimate of drug-likeness (QED) is 0.736. The van der Waals surface area contributed by atoms with Gasteiger partial charge in [0.25, 0.3) is 0 Å². The van der Waals surface area contributed by atoms with Crippen molar-refractivity contribution in [3.63, 3.8) is 0 Å². The monoisotopic (exact) mass is 279 g/mol. The molecule has 1 amide bonds. The first kappa shape index (κ1) is 11.0. The number of carbonyl (C=O) groups excluding carboxylic acids is 1. The van der Waals surface area contributed by atoms with Crippen molar-refractivity contribution >= 4 is 33.2 Å². The maximum absolute atomic E-state index is 11.7. The highest BCUT2D eigenvalue weighted by molar-refractivity contribution is 9.10. The Labute approximate surface area is 102 Å². The summed E-state index contributed by atoms with van der Waals surface area (Å²) in [7, 11) is 1.75. The van der Waals surface area contributed by atoms with Crippen molar-refractivity contribution < 1.29 is 4.79 Å². The van der Waals surface area contributed by atoms with E-state index in [0.29, 0.717) is 0 Å². The Morgan fingerprint density at radius 2 is 2.25 bits per heavy atom. The maximum atomic E-state index is 11.7. The number of amides is 1. The third kappa shape index (κ3) is 1.76. The molecular weight excluding hydrogens is 270 g/mol. The minimum Gasteiger partial charge on any atom is -0.347 e. The maximum Gasteiger partial charge on any atom is 0.246 e. The molecule has 0 bridgehead atoms. The number of rotatable bonds is 1. The van der Waals surface area contributed by atoms with Gasteiger partial charge in [0, 0.05) is 11.5 Å². The van der Waals surface area contributed by atoms with Gasteiger partial charge in [-0.25, -0.2) is 0 Å². The van der Waals surface area contributed by atoms with Gasteiger partial charge in [0.15, 0.2) is 0 Å². The first-order chi connectivity index (χ1) is 7.63. The van der Waals surface area contributed by atoms with Crippen molar-refractivity contribution in [2.24, 2.45) is 0 Å².